The van der Waals surface area contributed by atoms with Crippen LogP contribution in [0.1, 0.15) is 16.7 Å². The van der Waals surface area contributed by atoms with Crippen molar-refractivity contribution in [2.24, 2.45) is 0 Å². The molecule has 0 saturated heterocycles. The maximum absolute atomic E-state index is 13.7. The summed E-state index contributed by atoms with van der Waals surface area (Å²) < 4.78 is 11.3. The molecule has 0 radical (unpaired) electrons. The first-order chi connectivity index (χ1) is 15.5. The third kappa shape index (κ3) is 3.56. The highest BCUT2D eigenvalue weighted by Crippen LogP contribution is 2.43. The zero-order chi connectivity index (χ0) is 22.2. The molecule has 0 atom stereocenters. The number of fused-ring (bicyclic) bond motifs is 1. The van der Waals surface area contributed by atoms with Crippen molar-refractivity contribution < 1.29 is 19.1 Å². The molecule has 6 heteroatoms. The van der Waals surface area contributed by atoms with Gasteiger partial charge in [0.15, 0.2) is 11.5 Å². The largest absolute Gasteiger partial charge is 0.486 e. The van der Waals surface area contributed by atoms with E-state index in [0.29, 0.717) is 40.9 Å². The Morgan fingerprint density at radius 3 is 2.31 bits per heavy atom. The molecular formula is C26H21NO4S. The van der Waals surface area contributed by atoms with Crippen LogP contribution in [0, 0.1) is 13.8 Å². The van der Waals surface area contributed by atoms with Gasteiger partial charge in [-0.1, -0.05) is 53.7 Å². The van der Waals surface area contributed by atoms with E-state index in [9.17, 15) is 9.59 Å². The van der Waals surface area contributed by atoms with Crippen LogP contribution in [-0.2, 0) is 9.59 Å². The van der Waals surface area contributed by atoms with E-state index in [4.69, 9.17) is 9.47 Å². The Bertz CT molecular complexity index is 1270. The van der Waals surface area contributed by atoms with E-state index in [1.54, 1.807) is 18.2 Å². The van der Waals surface area contributed by atoms with E-state index < -0.39 is 0 Å². The second-order valence-electron chi connectivity index (χ2n) is 7.71. The topological polar surface area (TPSA) is 55.8 Å². The van der Waals surface area contributed by atoms with Crippen LogP contribution in [0.4, 0.5) is 5.69 Å². The highest BCUT2D eigenvalue weighted by Gasteiger charge is 2.41. The van der Waals surface area contributed by atoms with Gasteiger partial charge in [0.05, 0.1) is 16.2 Å². The van der Waals surface area contributed by atoms with Gasteiger partial charge in [-0.05, 0) is 49.2 Å². The van der Waals surface area contributed by atoms with E-state index in [-0.39, 0.29) is 11.8 Å². The third-order valence-electron chi connectivity index (χ3n) is 5.44. The molecule has 5 rings (SSSR count). The average Bonchev–Trinajstić information content (AvgIpc) is 3.03. The predicted molar refractivity (Wildman–Crippen MR) is 125 cm³/mol. The lowest BCUT2D eigenvalue weighted by molar-refractivity contribution is -0.119. The number of benzene rings is 3. The third-order valence-corrected chi connectivity index (χ3v) is 6.53. The number of rotatable bonds is 4. The van der Waals surface area contributed by atoms with Crippen molar-refractivity contribution in [2.45, 2.75) is 18.7 Å². The summed E-state index contributed by atoms with van der Waals surface area (Å²) >= 11 is 1.32. The molecule has 32 heavy (non-hydrogen) atoms. The zero-order valence-electron chi connectivity index (χ0n) is 17.8. The van der Waals surface area contributed by atoms with Gasteiger partial charge in [-0.2, -0.15) is 0 Å². The normalized spacial score (nSPS) is 15.5. The van der Waals surface area contributed by atoms with Crippen molar-refractivity contribution in [2.75, 3.05) is 18.1 Å². The smallest absolute Gasteiger partial charge is 0.272 e. The van der Waals surface area contributed by atoms with Crippen LogP contribution in [0.3, 0.4) is 0 Å². The Labute approximate surface area is 190 Å². The van der Waals surface area contributed by atoms with Crippen molar-refractivity contribution in [3.05, 3.63) is 88.3 Å². The number of aryl methyl sites for hydroxylation is 2. The van der Waals surface area contributed by atoms with Gasteiger partial charge in [0.25, 0.3) is 11.8 Å². The molecule has 5 nitrogen and oxygen atoms in total. The number of amides is 2. The number of anilines is 1. The van der Waals surface area contributed by atoms with Crippen LogP contribution < -0.4 is 14.4 Å². The van der Waals surface area contributed by atoms with Crippen LogP contribution in [0.15, 0.2) is 76.5 Å². The monoisotopic (exact) mass is 443 g/mol. The quantitative estimate of drug-likeness (QED) is 0.522. The van der Waals surface area contributed by atoms with Crippen LogP contribution in [0.2, 0.25) is 0 Å². The maximum atomic E-state index is 13.7. The van der Waals surface area contributed by atoms with Gasteiger partial charge in [0, 0.05) is 11.0 Å². The minimum atomic E-state index is -0.337. The van der Waals surface area contributed by atoms with Crippen molar-refractivity contribution in [1.29, 1.82) is 0 Å². The zero-order valence-corrected chi connectivity index (χ0v) is 18.6. The summed E-state index contributed by atoms with van der Waals surface area (Å²) in [7, 11) is 0. The molecule has 2 heterocycles. The Balaban J connectivity index is 1.61. The fourth-order valence-electron chi connectivity index (χ4n) is 3.95. The van der Waals surface area contributed by atoms with Gasteiger partial charge in [0.2, 0.25) is 0 Å². The Morgan fingerprint density at radius 1 is 0.812 bits per heavy atom. The van der Waals surface area contributed by atoms with Crippen LogP contribution in [-0.4, -0.2) is 25.0 Å². The molecule has 2 aliphatic rings. The molecule has 0 aromatic heterocycles. The molecule has 3 aromatic carbocycles. The maximum Gasteiger partial charge on any atom is 0.272 e. The number of nitrogens with zero attached hydrogens (tertiary/aromatic N) is 1. The molecule has 0 unspecified atom stereocenters. The Morgan fingerprint density at radius 2 is 1.56 bits per heavy atom. The molecule has 0 fully saturated rings. The number of carbonyl (C=O) groups is 2. The van der Waals surface area contributed by atoms with Gasteiger partial charge in [0.1, 0.15) is 13.2 Å². The Kier molecular flexibility index (Phi) is 5.23. The van der Waals surface area contributed by atoms with Crippen LogP contribution in [0.25, 0.3) is 5.57 Å². The van der Waals surface area contributed by atoms with E-state index in [1.807, 2.05) is 62.4 Å². The highest BCUT2D eigenvalue weighted by molar-refractivity contribution is 8.04. The minimum absolute atomic E-state index is 0.336. The molecular weight excluding hydrogens is 422 g/mol. The number of hydrogen-bond acceptors (Lipinski definition) is 5. The lowest BCUT2D eigenvalue weighted by Crippen LogP contribution is -2.31. The first-order valence-electron chi connectivity index (χ1n) is 10.4. The molecule has 160 valence electrons. The van der Waals surface area contributed by atoms with Gasteiger partial charge in [-0.25, -0.2) is 4.90 Å². The number of ether oxygens (including phenoxy) is 2. The van der Waals surface area contributed by atoms with Gasteiger partial charge in [-0.15, -0.1) is 0 Å². The lowest BCUT2D eigenvalue weighted by atomic mass is 9.99. The molecule has 0 aliphatic carbocycles. The summed E-state index contributed by atoms with van der Waals surface area (Å²) in [5, 5.41) is 0. The average molecular weight is 444 g/mol. The highest BCUT2D eigenvalue weighted by atomic mass is 32.2. The first kappa shape index (κ1) is 20.4. The SMILES string of the molecule is Cc1ccc(C2=C(Sc3ccccc3)C(=O)N(c3ccc4c(c3)OCCO4)C2=O)c(C)c1. The summed E-state index contributed by atoms with van der Waals surface area (Å²) in [5.41, 5.74) is 3.72. The van der Waals surface area contributed by atoms with E-state index in [2.05, 4.69) is 0 Å². The molecule has 0 spiro atoms. The number of hydrogen-bond donors (Lipinski definition) is 0. The molecule has 2 amide bonds. The summed E-state index contributed by atoms with van der Waals surface area (Å²) in [4.78, 5) is 29.8. The fraction of sp³-hybridized carbons (Fsp3) is 0.154. The lowest BCUT2D eigenvalue weighted by Gasteiger charge is -2.21. The molecule has 3 aromatic rings. The standard InChI is InChI=1S/C26H21NO4S/c1-16-8-10-20(17(2)14-16)23-24(32-19-6-4-3-5-7-19)26(29)27(25(23)28)18-9-11-21-22(15-18)31-13-12-30-21/h3-11,14-15H,12-13H2,1-2H3. The molecule has 0 saturated carbocycles. The van der Waals surface area contributed by atoms with Crippen molar-refractivity contribution >= 4 is 34.8 Å². The Hall–Kier alpha value is -3.51. The van der Waals surface area contributed by atoms with E-state index in [1.165, 1.54) is 16.7 Å². The predicted octanol–water partition coefficient (Wildman–Crippen LogP) is 5.15. The van der Waals surface area contributed by atoms with E-state index >= 15 is 0 Å². The summed E-state index contributed by atoms with van der Waals surface area (Å²) in [6, 6.07) is 20.7. The van der Waals surface area contributed by atoms with E-state index in [0.717, 1.165) is 21.6 Å². The van der Waals surface area contributed by atoms with Crippen LogP contribution >= 0.6 is 11.8 Å². The number of thioether (sulfide) groups is 1. The first-order valence-corrected chi connectivity index (χ1v) is 11.2. The summed E-state index contributed by atoms with van der Waals surface area (Å²) in [6.07, 6.45) is 0. The second-order valence-corrected chi connectivity index (χ2v) is 8.80. The summed E-state index contributed by atoms with van der Waals surface area (Å²) in [6.45, 7) is 4.88. The molecule has 2 aliphatic heterocycles. The molecule has 0 bridgehead atoms. The minimum Gasteiger partial charge on any atom is -0.486 e. The molecule has 0 N–H and O–H groups in total. The van der Waals surface area contributed by atoms with Gasteiger partial charge in [-0.3, -0.25) is 9.59 Å². The van der Waals surface area contributed by atoms with Crippen molar-refractivity contribution in [3.63, 3.8) is 0 Å². The van der Waals surface area contributed by atoms with Crippen LogP contribution in [0.5, 0.6) is 11.5 Å². The second kappa shape index (κ2) is 8.20. The van der Waals surface area contributed by atoms with Crippen molar-refractivity contribution in [1.82, 2.24) is 0 Å². The number of imide groups is 1. The summed E-state index contributed by atoms with van der Waals surface area (Å²) in [5.74, 6) is 0.472. The van der Waals surface area contributed by atoms with Crippen molar-refractivity contribution in [3.8, 4) is 11.5 Å². The van der Waals surface area contributed by atoms with Gasteiger partial charge >= 0.3 is 0 Å². The fourth-order valence-corrected chi connectivity index (χ4v) is 4.95. The number of carbonyl (C=O) groups excluding carboxylic acids is 2. The van der Waals surface area contributed by atoms with Gasteiger partial charge < -0.3 is 9.47 Å².